The SMILES string of the molecule is CN(CCc1ccc(F)c(F)c1)C(=O)CC(=O)O. The van der Waals surface area contributed by atoms with Gasteiger partial charge in [-0.05, 0) is 24.1 Å². The molecule has 1 amide bonds. The van der Waals surface area contributed by atoms with E-state index in [2.05, 4.69) is 0 Å². The molecule has 0 aromatic heterocycles. The number of hydrogen-bond donors (Lipinski definition) is 1. The number of rotatable bonds is 5. The van der Waals surface area contributed by atoms with Crippen molar-refractivity contribution >= 4 is 11.9 Å². The fourth-order valence-electron chi connectivity index (χ4n) is 1.38. The molecule has 0 fully saturated rings. The van der Waals surface area contributed by atoms with Crippen LogP contribution in [0.2, 0.25) is 0 Å². The lowest BCUT2D eigenvalue weighted by Crippen LogP contribution is -2.30. The second kappa shape index (κ2) is 6.09. The van der Waals surface area contributed by atoms with Gasteiger partial charge in [-0.25, -0.2) is 8.78 Å². The Morgan fingerprint density at radius 2 is 1.94 bits per heavy atom. The van der Waals surface area contributed by atoms with E-state index in [0.29, 0.717) is 12.0 Å². The first-order valence-corrected chi connectivity index (χ1v) is 5.30. The zero-order valence-corrected chi connectivity index (χ0v) is 9.82. The van der Waals surface area contributed by atoms with Crippen LogP contribution in [-0.4, -0.2) is 35.5 Å². The Morgan fingerprint density at radius 3 is 2.50 bits per heavy atom. The molecule has 0 unspecified atom stereocenters. The van der Waals surface area contributed by atoms with Gasteiger partial charge >= 0.3 is 5.97 Å². The van der Waals surface area contributed by atoms with E-state index < -0.39 is 29.9 Å². The van der Waals surface area contributed by atoms with Gasteiger partial charge < -0.3 is 10.0 Å². The normalized spacial score (nSPS) is 10.2. The summed E-state index contributed by atoms with van der Waals surface area (Å²) in [4.78, 5) is 22.9. The molecular weight excluding hydrogens is 244 g/mol. The first kappa shape index (κ1) is 14.1. The van der Waals surface area contributed by atoms with Gasteiger partial charge in [0, 0.05) is 13.6 Å². The van der Waals surface area contributed by atoms with Gasteiger partial charge in [0.15, 0.2) is 11.6 Å². The minimum Gasteiger partial charge on any atom is -0.481 e. The summed E-state index contributed by atoms with van der Waals surface area (Å²) in [5.41, 5.74) is 0.545. The van der Waals surface area contributed by atoms with E-state index in [-0.39, 0.29) is 6.54 Å². The Kier molecular flexibility index (Phi) is 4.76. The van der Waals surface area contributed by atoms with Gasteiger partial charge in [0.2, 0.25) is 5.91 Å². The Balaban J connectivity index is 2.51. The summed E-state index contributed by atoms with van der Waals surface area (Å²) >= 11 is 0. The fourth-order valence-corrected chi connectivity index (χ4v) is 1.38. The van der Waals surface area contributed by atoms with Crippen LogP contribution < -0.4 is 0 Å². The minimum atomic E-state index is -1.19. The third-order valence-corrected chi connectivity index (χ3v) is 2.45. The Hall–Kier alpha value is -1.98. The van der Waals surface area contributed by atoms with Crippen LogP contribution in [0, 0.1) is 11.6 Å². The second-order valence-corrected chi connectivity index (χ2v) is 3.88. The topological polar surface area (TPSA) is 57.6 Å². The smallest absolute Gasteiger partial charge is 0.312 e. The molecule has 0 radical (unpaired) electrons. The summed E-state index contributed by atoms with van der Waals surface area (Å²) in [6, 6.07) is 3.50. The molecule has 0 aliphatic carbocycles. The van der Waals surface area contributed by atoms with Gasteiger partial charge in [-0.3, -0.25) is 9.59 Å². The number of nitrogens with zero attached hydrogens (tertiary/aromatic N) is 1. The van der Waals surface area contributed by atoms with E-state index in [1.165, 1.54) is 18.0 Å². The molecule has 4 nitrogen and oxygen atoms in total. The van der Waals surface area contributed by atoms with Gasteiger partial charge in [-0.15, -0.1) is 0 Å². The van der Waals surface area contributed by atoms with Crippen LogP contribution in [0.1, 0.15) is 12.0 Å². The molecule has 0 aliphatic heterocycles. The third-order valence-electron chi connectivity index (χ3n) is 2.45. The molecule has 98 valence electrons. The number of carbonyl (C=O) groups is 2. The molecular formula is C12H13F2NO3. The van der Waals surface area contributed by atoms with Crippen molar-refractivity contribution in [3.8, 4) is 0 Å². The highest BCUT2D eigenvalue weighted by atomic mass is 19.2. The standard InChI is InChI=1S/C12H13F2NO3/c1-15(11(16)7-12(17)18)5-4-8-2-3-9(13)10(14)6-8/h2-3,6H,4-5,7H2,1H3,(H,17,18). The largest absolute Gasteiger partial charge is 0.481 e. The third kappa shape index (κ3) is 4.12. The number of likely N-dealkylation sites (N-methyl/N-ethyl adjacent to an activating group) is 1. The average Bonchev–Trinajstić information content (AvgIpc) is 2.29. The van der Waals surface area contributed by atoms with Crippen molar-refractivity contribution in [1.29, 1.82) is 0 Å². The lowest BCUT2D eigenvalue weighted by Gasteiger charge is -2.16. The van der Waals surface area contributed by atoms with Gasteiger partial charge in [-0.1, -0.05) is 6.07 Å². The molecule has 0 atom stereocenters. The molecule has 6 heteroatoms. The number of benzene rings is 1. The van der Waals surface area contributed by atoms with Crippen molar-refractivity contribution in [3.63, 3.8) is 0 Å². The molecule has 1 aromatic carbocycles. The predicted octanol–water partition coefficient (Wildman–Crippen LogP) is 1.44. The van der Waals surface area contributed by atoms with Crippen molar-refractivity contribution < 1.29 is 23.5 Å². The maximum absolute atomic E-state index is 12.9. The fraction of sp³-hybridized carbons (Fsp3) is 0.333. The summed E-state index contributed by atoms with van der Waals surface area (Å²) < 4.78 is 25.6. The first-order valence-electron chi connectivity index (χ1n) is 5.30. The van der Waals surface area contributed by atoms with E-state index in [9.17, 15) is 18.4 Å². The van der Waals surface area contributed by atoms with Crippen LogP contribution in [0.15, 0.2) is 18.2 Å². The second-order valence-electron chi connectivity index (χ2n) is 3.88. The van der Waals surface area contributed by atoms with Crippen LogP contribution >= 0.6 is 0 Å². The monoisotopic (exact) mass is 257 g/mol. The number of amides is 1. The van der Waals surface area contributed by atoms with Gasteiger partial charge in [0.1, 0.15) is 6.42 Å². The van der Waals surface area contributed by atoms with Crippen molar-refractivity contribution in [3.05, 3.63) is 35.4 Å². The van der Waals surface area contributed by atoms with Gasteiger partial charge in [0.05, 0.1) is 0 Å². The van der Waals surface area contributed by atoms with Gasteiger partial charge in [-0.2, -0.15) is 0 Å². The quantitative estimate of drug-likeness (QED) is 0.812. The molecule has 0 saturated carbocycles. The summed E-state index contributed by atoms with van der Waals surface area (Å²) in [6.07, 6.45) is -0.243. The van der Waals surface area contributed by atoms with Crippen molar-refractivity contribution in [1.82, 2.24) is 4.90 Å². The van der Waals surface area contributed by atoms with Crippen molar-refractivity contribution in [2.45, 2.75) is 12.8 Å². The van der Waals surface area contributed by atoms with Crippen LogP contribution in [0.5, 0.6) is 0 Å². The molecule has 0 heterocycles. The highest BCUT2D eigenvalue weighted by Crippen LogP contribution is 2.09. The average molecular weight is 257 g/mol. The zero-order chi connectivity index (χ0) is 13.7. The lowest BCUT2D eigenvalue weighted by atomic mass is 10.1. The molecule has 1 rings (SSSR count). The Morgan fingerprint density at radius 1 is 1.28 bits per heavy atom. The summed E-state index contributed by atoms with van der Waals surface area (Å²) in [7, 11) is 1.46. The molecule has 0 spiro atoms. The Bertz CT molecular complexity index is 463. The molecule has 0 saturated heterocycles. The molecule has 0 bridgehead atoms. The highest BCUT2D eigenvalue weighted by molar-refractivity contribution is 5.93. The van der Waals surface area contributed by atoms with E-state index in [1.807, 2.05) is 0 Å². The van der Waals surface area contributed by atoms with Crippen LogP contribution in [0.4, 0.5) is 8.78 Å². The number of carbonyl (C=O) groups excluding carboxylic acids is 1. The van der Waals surface area contributed by atoms with Crippen LogP contribution in [-0.2, 0) is 16.0 Å². The van der Waals surface area contributed by atoms with Crippen molar-refractivity contribution in [2.24, 2.45) is 0 Å². The first-order chi connectivity index (χ1) is 8.40. The predicted molar refractivity (Wildman–Crippen MR) is 60.0 cm³/mol. The van der Waals surface area contributed by atoms with Crippen LogP contribution in [0.3, 0.4) is 0 Å². The summed E-state index contributed by atoms with van der Waals surface area (Å²) in [6.45, 7) is 0.247. The zero-order valence-electron chi connectivity index (χ0n) is 9.82. The number of aliphatic carboxylic acids is 1. The molecule has 1 N–H and O–H groups in total. The van der Waals surface area contributed by atoms with E-state index in [1.54, 1.807) is 0 Å². The number of carboxylic acids is 1. The van der Waals surface area contributed by atoms with E-state index >= 15 is 0 Å². The number of carboxylic acid groups (broad SMARTS) is 1. The number of hydrogen-bond acceptors (Lipinski definition) is 2. The van der Waals surface area contributed by atoms with Crippen LogP contribution in [0.25, 0.3) is 0 Å². The molecule has 0 aliphatic rings. The van der Waals surface area contributed by atoms with Crippen molar-refractivity contribution in [2.75, 3.05) is 13.6 Å². The van der Waals surface area contributed by atoms with E-state index in [0.717, 1.165) is 12.1 Å². The molecule has 1 aromatic rings. The minimum absolute atomic E-state index is 0.247. The maximum atomic E-state index is 12.9. The Labute approximate surface area is 103 Å². The molecule has 18 heavy (non-hydrogen) atoms. The number of halogens is 2. The summed E-state index contributed by atoms with van der Waals surface area (Å²) in [5.74, 6) is -3.58. The van der Waals surface area contributed by atoms with Gasteiger partial charge in [0.25, 0.3) is 0 Å². The highest BCUT2D eigenvalue weighted by Gasteiger charge is 2.13. The summed E-state index contributed by atoms with van der Waals surface area (Å²) in [5, 5.41) is 8.45. The lowest BCUT2D eigenvalue weighted by molar-refractivity contribution is -0.143. The van der Waals surface area contributed by atoms with E-state index in [4.69, 9.17) is 5.11 Å². The maximum Gasteiger partial charge on any atom is 0.312 e.